The van der Waals surface area contributed by atoms with Gasteiger partial charge in [-0.15, -0.1) is 0 Å². The van der Waals surface area contributed by atoms with Crippen LogP contribution in [-0.2, 0) is 11.3 Å². The molecule has 5 nitrogen and oxygen atoms in total. The van der Waals surface area contributed by atoms with E-state index >= 15 is 0 Å². The Kier molecular flexibility index (Phi) is 5.44. The maximum absolute atomic E-state index is 12.5. The highest BCUT2D eigenvalue weighted by Crippen LogP contribution is 2.31. The molecular formula is C16H24N2O3. The van der Waals surface area contributed by atoms with Gasteiger partial charge in [0.2, 0.25) is 5.91 Å². The number of piperidine rings is 1. The van der Waals surface area contributed by atoms with Crippen LogP contribution in [0.1, 0.15) is 18.4 Å². The summed E-state index contributed by atoms with van der Waals surface area (Å²) in [5.74, 6) is 1.66. The van der Waals surface area contributed by atoms with Crippen molar-refractivity contribution in [1.29, 1.82) is 0 Å². The first-order valence-corrected chi connectivity index (χ1v) is 7.33. The molecule has 0 saturated carbocycles. The second-order valence-electron chi connectivity index (χ2n) is 5.39. The van der Waals surface area contributed by atoms with Crippen LogP contribution in [0.5, 0.6) is 11.5 Å². The van der Waals surface area contributed by atoms with Crippen LogP contribution >= 0.6 is 0 Å². The summed E-state index contributed by atoms with van der Waals surface area (Å²) < 4.78 is 10.7. The number of carbonyl (C=O) groups excluding carboxylic acids is 1. The van der Waals surface area contributed by atoms with E-state index < -0.39 is 0 Å². The molecule has 0 radical (unpaired) electrons. The van der Waals surface area contributed by atoms with Crippen molar-refractivity contribution in [1.82, 2.24) is 10.2 Å². The van der Waals surface area contributed by atoms with Gasteiger partial charge in [-0.3, -0.25) is 4.79 Å². The molecule has 0 bridgehead atoms. The van der Waals surface area contributed by atoms with Crippen LogP contribution in [0.25, 0.3) is 0 Å². The van der Waals surface area contributed by atoms with E-state index in [0.29, 0.717) is 18.0 Å². The molecule has 0 unspecified atom stereocenters. The fraction of sp³-hybridized carbons (Fsp3) is 0.562. The molecule has 2 rings (SSSR count). The highest BCUT2D eigenvalue weighted by atomic mass is 16.5. The lowest BCUT2D eigenvalue weighted by atomic mass is 9.98. The average molecular weight is 292 g/mol. The van der Waals surface area contributed by atoms with Gasteiger partial charge >= 0.3 is 0 Å². The van der Waals surface area contributed by atoms with Crippen molar-refractivity contribution in [2.75, 3.05) is 34.4 Å². The number of para-hydroxylation sites is 1. The average Bonchev–Trinajstić information content (AvgIpc) is 2.54. The molecule has 1 aromatic rings. The summed E-state index contributed by atoms with van der Waals surface area (Å²) in [6.07, 6.45) is 2.03. The standard InChI is InChI=1S/C16H24N2O3/c1-18(16(19)12-7-5-9-17-10-12)11-13-6-4-8-14(20-2)15(13)21-3/h4,6,8,12,17H,5,7,9-11H2,1-3H3/t12-/m0/s1. The van der Waals surface area contributed by atoms with Crippen molar-refractivity contribution < 1.29 is 14.3 Å². The van der Waals surface area contributed by atoms with E-state index in [1.165, 1.54) is 0 Å². The lowest BCUT2D eigenvalue weighted by Crippen LogP contribution is -2.41. The van der Waals surface area contributed by atoms with E-state index in [1.807, 2.05) is 25.2 Å². The number of carbonyl (C=O) groups is 1. The summed E-state index contributed by atoms with van der Waals surface area (Å²) in [4.78, 5) is 14.2. The topological polar surface area (TPSA) is 50.8 Å². The van der Waals surface area contributed by atoms with Gasteiger partial charge in [0, 0.05) is 25.7 Å². The van der Waals surface area contributed by atoms with E-state index in [1.54, 1.807) is 19.1 Å². The minimum absolute atomic E-state index is 0.0837. The van der Waals surface area contributed by atoms with Crippen LogP contribution in [-0.4, -0.2) is 45.2 Å². The van der Waals surface area contributed by atoms with E-state index in [4.69, 9.17) is 9.47 Å². The van der Waals surface area contributed by atoms with Crippen LogP contribution in [0.4, 0.5) is 0 Å². The molecule has 1 fully saturated rings. The zero-order valence-corrected chi connectivity index (χ0v) is 13.0. The van der Waals surface area contributed by atoms with Gasteiger partial charge in [0.1, 0.15) is 0 Å². The van der Waals surface area contributed by atoms with Crippen LogP contribution in [0, 0.1) is 5.92 Å². The molecule has 0 spiro atoms. The highest BCUT2D eigenvalue weighted by Gasteiger charge is 2.24. The fourth-order valence-corrected chi connectivity index (χ4v) is 2.79. The van der Waals surface area contributed by atoms with Gasteiger partial charge in [-0.05, 0) is 25.5 Å². The molecule has 1 saturated heterocycles. The fourth-order valence-electron chi connectivity index (χ4n) is 2.79. The minimum Gasteiger partial charge on any atom is -0.493 e. The molecule has 21 heavy (non-hydrogen) atoms. The Hall–Kier alpha value is -1.75. The number of amides is 1. The Labute approximate surface area is 126 Å². The number of benzene rings is 1. The molecular weight excluding hydrogens is 268 g/mol. The first-order chi connectivity index (χ1) is 10.2. The lowest BCUT2D eigenvalue weighted by Gasteiger charge is -2.27. The molecule has 1 heterocycles. The summed E-state index contributed by atoms with van der Waals surface area (Å²) in [6, 6.07) is 5.73. The number of rotatable bonds is 5. The summed E-state index contributed by atoms with van der Waals surface area (Å²) in [7, 11) is 5.08. The minimum atomic E-state index is 0.0837. The summed E-state index contributed by atoms with van der Waals surface area (Å²) in [6.45, 7) is 2.31. The van der Waals surface area contributed by atoms with Crippen molar-refractivity contribution in [3.8, 4) is 11.5 Å². The third kappa shape index (κ3) is 3.67. The molecule has 1 aromatic carbocycles. The largest absolute Gasteiger partial charge is 0.493 e. The monoisotopic (exact) mass is 292 g/mol. The van der Waals surface area contributed by atoms with Crippen LogP contribution in [0.15, 0.2) is 18.2 Å². The molecule has 116 valence electrons. The predicted molar refractivity (Wildman–Crippen MR) is 81.6 cm³/mol. The van der Waals surface area contributed by atoms with Crippen molar-refractivity contribution in [2.24, 2.45) is 5.92 Å². The van der Waals surface area contributed by atoms with Crippen LogP contribution in [0.2, 0.25) is 0 Å². The van der Waals surface area contributed by atoms with E-state index in [9.17, 15) is 4.79 Å². The zero-order chi connectivity index (χ0) is 15.2. The Bertz CT molecular complexity index is 484. The Balaban J connectivity index is 2.08. The molecule has 1 amide bonds. The van der Waals surface area contributed by atoms with Crippen molar-refractivity contribution in [3.05, 3.63) is 23.8 Å². The molecule has 5 heteroatoms. The summed E-state index contributed by atoms with van der Waals surface area (Å²) in [5, 5.41) is 3.28. The number of nitrogens with zero attached hydrogens (tertiary/aromatic N) is 1. The van der Waals surface area contributed by atoms with Gasteiger partial charge < -0.3 is 19.7 Å². The van der Waals surface area contributed by atoms with Crippen molar-refractivity contribution in [2.45, 2.75) is 19.4 Å². The summed E-state index contributed by atoms with van der Waals surface area (Å²) in [5.41, 5.74) is 0.955. The van der Waals surface area contributed by atoms with E-state index in [2.05, 4.69) is 5.32 Å². The molecule has 1 aliphatic rings. The summed E-state index contributed by atoms with van der Waals surface area (Å²) >= 11 is 0. The predicted octanol–water partition coefficient (Wildman–Crippen LogP) is 1.66. The van der Waals surface area contributed by atoms with Gasteiger partial charge in [-0.25, -0.2) is 0 Å². The van der Waals surface area contributed by atoms with Crippen molar-refractivity contribution >= 4 is 5.91 Å². The third-order valence-corrected chi connectivity index (χ3v) is 3.91. The maximum Gasteiger partial charge on any atom is 0.227 e. The number of methoxy groups -OCH3 is 2. The van der Waals surface area contributed by atoms with E-state index in [0.717, 1.165) is 31.5 Å². The molecule has 0 aliphatic carbocycles. The Morgan fingerprint density at radius 2 is 2.19 bits per heavy atom. The van der Waals surface area contributed by atoms with Gasteiger partial charge in [-0.2, -0.15) is 0 Å². The Morgan fingerprint density at radius 1 is 1.38 bits per heavy atom. The van der Waals surface area contributed by atoms with Gasteiger partial charge in [-0.1, -0.05) is 12.1 Å². The van der Waals surface area contributed by atoms with Gasteiger partial charge in [0.15, 0.2) is 11.5 Å². The van der Waals surface area contributed by atoms with E-state index in [-0.39, 0.29) is 11.8 Å². The molecule has 1 N–H and O–H groups in total. The van der Waals surface area contributed by atoms with Crippen LogP contribution < -0.4 is 14.8 Å². The zero-order valence-electron chi connectivity index (χ0n) is 13.0. The number of ether oxygens (including phenoxy) is 2. The number of hydrogen-bond donors (Lipinski definition) is 1. The normalized spacial score (nSPS) is 18.1. The molecule has 1 aliphatic heterocycles. The third-order valence-electron chi connectivity index (χ3n) is 3.91. The van der Waals surface area contributed by atoms with Gasteiger partial charge in [0.05, 0.1) is 20.1 Å². The van der Waals surface area contributed by atoms with Crippen molar-refractivity contribution in [3.63, 3.8) is 0 Å². The smallest absolute Gasteiger partial charge is 0.227 e. The molecule has 1 atom stereocenters. The highest BCUT2D eigenvalue weighted by molar-refractivity contribution is 5.79. The Morgan fingerprint density at radius 3 is 2.81 bits per heavy atom. The second kappa shape index (κ2) is 7.31. The van der Waals surface area contributed by atoms with Crippen LogP contribution in [0.3, 0.4) is 0 Å². The number of nitrogens with one attached hydrogen (secondary N) is 1. The molecule has 0 aromatic heterocycles. The first kappa shape index (κ1) is 15.6. The quantitative estimate of drug-likeness (QED) is 0.897. The lowest BCUT2D eigenvalue weighted by molar-refractivity contribution is -0.135. The SMILES string of the molecule is COc1cccc(CN(C)C(=O)[C@H]2CCCNC2)c1OC. The van der Waals surface area contributed by atoms with Gasteiger partial charge in [0.25, 0.3) is 0 Å². The first-order valence-electron chi connectivity index (χ1n) is 7.33. The second-order valence-corrected chi connectivity index (χ2v) is 5.39. The number of hydrogen-bond acceptors (Lipinski definition) is 4. The maximum atomic E-state index is 12.5.